The maximum atomic E-state index is 11.9. The second-order valence-corrected chi connectivity index (χ2v) is 6.17. The van der Waals surface area contributed by atoms with Crippen LogP contribution in [0.1, 0.15) is 10.5 Å². The van der Waals surface area contributed by atoms with E-state index in [0.717, 1.165) is 4.47 Å². The number of hydrogen-bond donors (Lipinski definition) is 3. The number of nitrogens with one attached hydrogen (secondary N) is 2. The SMILES string of the molecule is NS(=O)(=O)c1ccccc1NC(=O)c1cc(Br)c[nH]1. The molecule has 0 saturated carbocycles. The number of halogens is 1. The molecule has 0 radical (unpaired) electrons. The number of benzene rings is 1. The average molecular weight is 344 g/mol. The van der Waals surface area contributed by atoms with Gasteiger partial charge in [0.15, 0.2) is 0 Å². The van der Waals surface area contributed by atoms with Gasteiger partial charge in [0.2, 0.25) is 10.0 Å². The summed E-state index contributed by atoms with van der Waals surface area (Å²) in [6.07, 6.45) is 1.60. The Morgan fingerprint density at radius 3 is 2.58 bits per heavy atom. The topological polar surface area (TPSA) is 105 Å². The van der Waals surface area contributed by atoms with Crippen molar-refractivity contribution in [1.82, 2.24) is 4.98 Å². The van der Waals surface area contributed by atoms with Gasteiger partial charge < -0.3 is 10.3 Å². The van der Waals surface area contributed by atoms with Crippen molar-refractivity contribution in [1.29, 1.82) is 0 Å². The van der Waals surface area contributed by atoms with Crippen LogP contribution in [0.15, 0.2) is 45.9 Å². The van der Waals surface area contributed by atoms with E-state index in [9.17, 15) is 13.2 Å². The van der Waals surface area contributed by atoms with Crippen LogP contribution in [0.5, 0.6) is 0 Å². The molecule has 0 atom stereocenters. The molecule has 0 aliphatic carbocycles. The van der Waals surface area contributed by atoms with Crippen LogP contribution in [-0.2, 0) is 10.0 Å². The largest absolute Gasteiger partial charge is 0.356 e. The number of para-hydroxylation sites is 1. The highest BCUT2D eigenvalue weighted by atomic mass is 79.9. The van der Waals surface area contributed by atoms with Crippen LogP contribution in [0.2, 0.25) is 0 Å². The zero-order valence-electron chi connectivity index (χ0n) is 9.55. The highest BCUT2D eigenvalue weighted by Gasteiger charge is 2.16. The minimum atomic E-state index is -3.89. The van der Waals surface area contributed by atoms with E-state index in [0.29, 0.717) is 5.69 Å². The molecule has 0 fully saturated rings. The molecule has 2 aromatic rings. The van der Waals surface area contributed by atoms with Crippen molar-refractivity contribution < 1.29 is 13.2 Å². The molecule has 1 heterocycles. The van der Waals surface area contributed by atoms with Gasteiger partial charge in [-0.2, -0.15) is 0 Å². The van der Waals surface area contributed by atoms with E-state index < -0.39 is 15.9 Å². The van der Waals surface area contributed by atoms with E-state index >= 15 is 0 Å². The average Bonchev–Trinajstić information content (AvgIpc) is 2.75. The number of amides is 1. The molecule has 2 rings (SSSR count). The van der Waals surface area contributed by atoms with Gasteiger partial charge in [-0.3, -0.25) is 4.79 Å². The Labute approximate surface area is 118 Å². The summed E-state index contributed by atoms with van der Waals surface area (Å²) in [6.45, 7) is 0. The second-order valence-electron chi connectivity index (χ2n) is 3.73. The normalized spacial score (nSPS) is 11.3. The van der Waals surface area contributed by atoms with Crippen molar-refractivity contribution in [3.8, 4) is 0 Å². The van der Waals surface area contributed by atoms with Crippen LogP contribution in [0.25, 0.3) is 0 Å². The van der Waals surface area contributed by atoms with E-state index in [-0.39, 0.29) is 10.6 Å². The van der Waals surface area contributed by atoms with E-state index in [1.807, 2.05) is 0 Å². The Morgan fingerprint density at radius 1 is 1.32 bits per heavy atom. The molecule has 4 N–H and O–H groups in total. The number of hydrogen-bond acceptors (Lipinski definition) is 3. The van der Waals surface area contributed by atoms with Crippen molar-refractivity contribution in [2.45, 2.75) is 4.90 Å². The summed E-state index contributed by atoms with van der Waals surface area (Å²) in [7, 11) is -3.89. The quantitative estimate of drug-likeness (QED) is 0.789. The van der Waals surface area contributed by atoms with Gasteiger partial charge in [-0.25, -0.2) is 13.6 Å². The molecule has 0 saturated heterocycles. The number of aromatic nitrogens is 1. The molecule has 6 nitrogen and oxygen atoms in total. The molecular weight excluding hydrogens is 334 g/mol. The van der Waals surface area contributed by atoms with Crippen molar-refractivity contribution in [3.63, 3.8) is 0 Å². The first-order valence-corrected chi connectivity index (χ1v) is 7.49. The van der Waals surface area contributed by atoms with E-state index in [2.05, 4.69) is 26.2 Å². The molecule has 8 heteroatoms. The lowest BCUT2D eigenvalue weighted by Crippen LogP contribution is -2.18. The first-order valence-electron chi connectivity index (χ1n) is 5.15. The Morgan fingerprint density at radius 2 is 2.00 bits per heavy atom. The standard InChI is InChI=1S/C11H10BrN3O3S/c12-7-5-9(14-6-7)11(16)15-8-3-1-2-4-10(8)19(13,17)18/h1-6,14H,(H,15,16)(H2,13,17,18). The first kappa shape index (κ1) is 13.8. The monoisotopic (exact) mass is 343 g/mol. The summed E-state index contributed by atoms with van der Waals surface area (Å²) in [5, 5.41) is 7.58. The fourth-order valence-corrected chi connectivity index (χ4v) is 2.54. The predicted molar refractivity (Wildman–Crippen MR) is 74.3 cm³/mol. The van der Waals surface area contributed by atoms with Gasteiger partial charge in [0.05, 0.1) is 5.69 Å². The zero-order chi connectivity index (χ0) is 14.0. The number of anilines is 1. The maximum absolute atomic E-state index is 11.9. The molecule has 0 spiro atoms. The van der Waals surface area contributed by atoms with Gasteiger partial charge in [-0.1, -0.05) is 12.1 Å². The van der Waals surface area contributed by atoms with Gasteiger partial charge in [0.25, 0.3) is 5.91 Å². The van der Waals surface area contributed by atoms with Gasteiger partial charge in [-0.15, -0.1) is 0 Å². The number of aromatic amines is 1. The summed E-state index contributed by atoms with van der Waals surface area (Å²) in [4.78, 5) is 14.5. The molecule has 1 aromatic heterocycles. The number of nitrogens with two attached hydrogens (primary N) is 1. The van der Waals surface area contributed by atoms with Crippen LogP contribution in [0, 0.1) is 0 Å². The Hall–Kier alpha value is -1.64. The Kier molecular flexibility index (Phi) is 3.74. The summed E-state index contributed by atoms with van der Waals surface area (Å²) in [5.41, 5.74) is 0.441. The van der Waals surface area contributed by atoms with Crippen molar-refractivity contribution >= 4 is 37.5 Å². The molecule has 1 amide bonds. The third-order valence-electron chi connectivity index (χ3n) is 2.33. The summed E-state index contributed by atoms with van der Waals surface area (Å²) < 4.78 is 23.5. The minimum Gasteiger partial charge on any atom is -0.356 e. The van der Waals surface area contributed by atoms with E-state index in [1.54, 1.807) is 18.3 Å². The number of H-pyrrole nitrogens is 1. The van der Waals surface area contributed by atoms with E-state index in [1.165, 1.54) is 18.2 Å². The van der Waals surface area contributed by atoms with Gasteiger partial charge in [0.1, 0.15) is 10.6 Å². The summed E-state index contributed by atoms with van der Waals surface area (Å²) in [5.74, 6) is -0.457. The van der Waals surface area contributed by atoms with Crippen LogP contribution in [0.3, 0.4) is 0 Å². The smallest absolute Gasteiger partial charge is 0.272 e. The van der Waals surface area contributed by atoms with Crippen molar-refractivity contribution in [2.75, 3.05) is 5.32 Å². The summed E-state index contributed by atoms with van der Waals surface area (Å²) in [6, 6.07) is 7.51. The highest BCUT2D eigenvalue weighted by Crippen LogP contribution is 2.20. The Balaban J connectivity index is 2.32. The van der Waals surface area contributed by atoms with Gasteiger partial charge in [-0.05, 0) is 34.1 Å². The lowest BCUT2D eigenvalue weighted by molar-refractivity contribution is 0.102. The minimum absolute atomic E-state index is 0.131. The number of rotatable bonds is 3. The lowest BCUT2D eigenvalue weighted by atomic mass is 10.3. The fraction of sp³-hybridized carbons (Fsp3) is 0. The number of sulfonamides is 1. The van der Waals surface area contributed by atoms with Gasteiger partial charge >= 0.3 is 0 Å². The third kappa shape index (κ3) is 3.22. The number of primary sulfonamides is 1. The summed E-state index contributed by atoms with van der Waals surface area (Å²) >= 11 is 3.20. The van der Waals surface area contributed by atoms with Gasteiger partial charge in [0, 0.05) is 10.7 Å². The zero-order valence-corrected chi connectivity index (χ0v) is 12.0. The molecule has 0 aliphatic rings. The van der Waals surface area contributed by atoms with Crippen LogP contribution in [-0.4, -0.2) is 19.3 Å². The second kappa shape index (κ2) is 5.16. The van der Waals surface area contributed by atoms with Crippen LogP contribution in [0.4, 0.5) is 5.69 Å². The lowest BCUT2D eigenvalue weighted by Gasteiger charge is -2.08. The number of carbonyl (C=O) groups is 1. The van der Waals surface area contributed by atoms with Crippen LogP contribution >= 0.6 is 15.9 Å². The highest BCUT2D eigenvalue weighted by molar-refractivity contribution is 9.10. The van der Waals surface area contributed by atoms with Crippen molar-refractivity contribution in [2.24, 2.45) is 5.14 Å². The Bertz CT molecular complexity index is 724. The molecular formula is C11H10BrN3O3S. The molecule has 19 heavy (non-hydrogen) atoms. The molecule has 0 unspecified atom stereocenters. The molecule has 1 aromatic carbocycles. The molecule has 100 valence electrons. The molecule has 0 aliphatic heterocycles. The predicted octanol–water partition coefficient (Wildman–Crippen LogP) is 1.68. The molecule has 0 bridgehead atoms. The first-order chi connectivity index (χ1) is 8.88. The maximum Gasteiger partial charge on any atom is 0.272 e. The van der Waals surface area contributed by atoms with Crippen molar-refractivity contribution in [3.05, 3.63) is 46.7 Å². The van der Waals surface area contributed by atoms with E-state index in [4.69, 9.17) is 5.14 Å². The number of carbonyl (C=O) groups excluding carboxylic acids is 1. The van der Waals surface area contributed by atoms with Crippen LogP contribution < -0.4 is 10.5 Å². The fourth-order valence-electron chi connectivity index (χ4n) is 1.51. The third-order valence-corrected chi connectivity index (χ3v) is 3.76.